The van der Waals surface area contributed by atoms with E-state index in [1.54, 1.807) is 0 Å². The highest BCUT2D eigenvalue weighted by Gasteiger charge is 2.27. The van der Waals surface area contributed by atoms with Gasteiger partial charge in [0.05, 0.1) is 5.92 Å². The van der Waals surface area contributed by atoms with Gasteiger partial charge < -0.3 is 5.11 Å². The van der Waals surface area contributed by atoms with Crippen molar-refractivity contribution in [2.24, 2.45) is 11.8 Å². The second-order valence-corrected chi connectivity index (χ2v) is 5.46. The molecule has 0 aromatic heterocycles. The smallest absolute Gasteiger partial charge is 0.306 e. The van der Waals surface area contributed by atoms with Gasteiger partial charge in [0, 0.05) is 4.47 Å². The van der Waals surface area contributed by atoms with Gasteiger partial charge in [0.25, 0.3) is 0 Å². The van der Waals surface area contributed by atoms with E-state index in [1.165, 1.54) is 11.1 Å². The van der Waals surface area contributed by atoms with E-state index in [4.69, 9.17) is 5.11 Å². The van der Waals surface area contributed by atoms with Gasteiger partial charge in [-0.2, -0.15) is 0 Å². The Morgan fingerprint density at radius 3 is 2.94 bits per heavy atom. The molecule has 0 saturated carbocycles. The van der Waals surface area contributed by atoms with Crippen molar-refractivity contribution in [3.05, 3.63) is 33.8 Å². The van der Waals surface area contributed by atoms with Crippen molar-refractivity contribution >= 4 is 21.9 Å². The normalized spacial score (nSPS) is 21.2. The zero-order valence-corrected chi connectivity index (χ0v) is 10.8. The van der Waals surface area contributed by atoms with Gasteiger partial charge in [0.1, 0.15) is 0 Å². The van der Waals surface area contributed by atoms with Crippen molar-refractivity contribution in [1.82, 2.24) is 0 Å². The van der Waals surface area contributed by atoms with Crippen LogP contribution in [0, 0.1) is 11.8 Å². The molecule has 1 aliphatic rings. The Hall–Kier alpha value is -0.830. The lowest BCUT2D eigenvalue weighted by Crippen LogP contribution is -2.26. The lowest BCUT2D eigenvalue weighted by atomic mass is 9.78. The molecule has 2 unspecified atom stereocenters. The highest BCUT2D eigenvalue weighted by Crippen LogP contribution is 2.31. The van der Waals surface area contributed by atoms with Crippen LogP contribution in [-0.4, -0.2) is 11.1 Å². The van der Waals surface area contributed by atoms with Crippen molar-refractivity contribution in [3.8, 4) is 0 Å². The fourth-order valence-corrected chi connectivity index (χ4v) is 2.79. The summed E-state index contributed by atoms with van der Waals surface area (Å²) in [6.45, 7) is 1.82. The van der Waals surface area contributed by atoms with Crippen molar-refractivity contribution in [1.29, 1.82) is 0 Å². The molecule has 1 aliphatic carbocycles. The molecule has 0 fully saturated rings. The van der Waals surface area contributed by atoms with Crippen LogP contribution in [0.1, 0.15) is 24.5 Å². The van der Waals surface area contributed by atoms with Crippen LogP contribution >= 0.6 is 15.9 Å². The first-order chi connectivity index (χ1) is 7.58. The summed E-state index contributed by atoms with van der Waals surface area (Å²) >= 11 is 3.46. The van der Waals surface area contributed by atoms with Crippen LogP contribution in [0.15, 0.2) is 22.7 Å². The number of carboxylic acids is 1. The molecule has 3 heteroatoms. The Morgan fingerprint density at radius 2 is 2.25 bits per heavy atom. The van der Waals surface area contributed by atoms with Crippen LogP contribution in [0.5, 0.6) is 0 Å². The third-order valence-electron chi connectivity index (χ3n) is 3.53. The number of carbonyl (C=O) groups is 1. The minimum Gasteiger partial charge on any atom is -0.481 e. The first-order valence-corrected chi connectivity index (χ1v) is 6.37. The molecule has 86 valence electrons. The molecule has 16 heavy (non-hydrogen) atoms. The SMILES string of the molecule is CC(C(=O)O)C1CCc2ccc(Br)cc2C1. The molecule has 2 atom stereocenters. The fraction of sp³-hybridized carbons (Fsp3) is 0.462. The second-order valence-electron chi connectivity index (χ2n) is 4.54. The van der Waals surface area contributed by atoms with E-state index in [2.05, 4.69) is 34.1 Å². The predicted molar refractivity (Wildman–Crippen MR) is 66.5 cm³/mol. The molecule has 0 radical (unpaired) electrons. The average molecular weight is 283 g/mol. The first-order valence-electron chi connectivity index (χ1n) is 5.58. The summed E-state index contributed by atoms with van der Waals surface area (Å²) in [7, 11) is 0. The van der Waals surface area contributed by atoms with Crippen molar-refractivity contribution < 1.29 is 9.90 Å². The van der Waals surface area contributed by atoms with E-state index in [-0.39, 0.29) is 11.8 Å². The monoisotopic (exact) mass is 282 g/mol. The van der Waals surface area contributed by atoms with Gasteiger partial charge in [0.2, 0.25) is 0 Å². The Kier molecular flexibility index (Phi) is 3.33. The molecule has 0 aliphatic heterocycles. The summed E-state index contributed by atoms with van der Waals surface area (Å²) in [4.78, 5) is 11.0. The van der Waals surface area contributed by atoms with Gasteiger partial charge in [-0.3, -0.25) is 4.79 Å². The van der Waals surface area contributed by atoms with Gasteiger partial charge in [-0.25, -0.2) is 0 Å². The van der Waals surface area contributed by atoms with E-state index in [9.17, 15) is 4.79 Å². The lowest BCUT2D eigenvalue weighted by Gasteiger charge is -2.27. The quantitative estimate of drug-likeness (QED) is 0.904. The van der Waals surface area contributed by atoms with E-state index in [0.29, 0.717) is 0 Å². The van der Waals surface area contributed by atoms with Gasteiger partial charge >= 0.3 is 5.97 Å². The van der Waals surface area contributed by atoms with Crippen LogP contribution in [0.4, 0.5) is 0 Å². The predicted octanol–water partition coefficient (Wildman–Crippen LogP) is 3.27. The zero-order chi connectivity index (χ0) is 11.7. The van der Waals surface area contributed by atoms with E-state index < -0.39 is 5.97 Å². The maximum Gasteiger partial charge on any atom is 0.306 e. The third kappa shape index (κ3) is 2.29. The fourth-order valence-electron chi connectivity index (χ4n) is 2.38. The molecule has 0 saturated heterocycles. The summed E-state index contributed by atoms with van der Waals surface area (Å²) in [6.07, 6.45) is 2.88. The van der Waals surface area contributed by atoms with Crippen LogP contribution in [0.25, 0.3) is 0 Å². The topological polar surface area (TPSA) is 37.3 Å². The standard InChI is InChI=1S/C13H15BrO2/c1-8(13(15)16)10-3-2-9-4-5-12(14)7-11(9)6-10/h4-5,7-8,10H,2-3,6H2,1H3,(H,15,16). The maximum atomic E-state index is 11.0. The van der Waals surface area contributed by atoms with Crippen LogP contribution in [0.3, 0.4) is 0 Å². The first kappa shape index (κ1) is 11.6. The summed E-state index contributed by atoms with van der Waals surface area (Å²) in [6, 6.07) is 6.32. The third-order valence-corrected chi connectivity index (χ3v) is 4.02. The number of hydrogen-bond acceptors (Lipinski definition) is 1. The Labute approximate surface area is 104 Å². The highest BCUT2D eigenvalue weighted by atomic mass is 79.9. The molecule has 1 aromatic rings. The van der Waals surface area contributed by atoms with Crippen LogP contribution in [0.2, 0.25) is 0 Å². The maximum absolute atomic E-state index is 11.0. The number of aryl methyl sites for hydroxylation is 1. The van der Waals surface area contributed by atoms with Gasteiger partial charge in [-0.1, -0.05) is 28.9 Å². The second kappa shape index (κ2) is 4.58. The van der Waals surface area contributed by atoms with Gasteiger partial charge in [-0.15, -0.1) is 0 Å². The Morgan fingerprint density at radius 1 is 1.50 bits per heavy atom. The lowest BCUT2D eigenvalue weighted by molar-refractivity contribution is -0.143. The average Bonchev–Trinajstić information content (AvgIpc) is 2.26. The van der Waals surface area contributed by atoms with Crippen molar-refractivity contribution in [2.75, 3.05) is 0 Å². The molecule has 1 N–H and O–H groups in total. The Bertz CT molecular complexity index is 414. The van der Waals surface area contributed by atoms with Gasteiger partial charge in [-0.05, 0) is 48.4 Å². The number of halogens is 1. The summed E-state index contributed by atoms with van der Waals surface area (Å²) in [5.74, 6) is -0.644. The van der Waals surface area contributed by atoms with E-state index in [1.807, 2.05) is 6.92 Å². The highest BCUT2D eigenvalue weighted by molar-refractivity contribution is 9.10. The van der Waals surface area contributed by atoms with E-state index in [0.717, 1.165) is 23.7 Å². The zero-order valence-electron chi connectivity index (χ0n) is 9.24. The van der Waals surface area contributed by atoms with Crippen molar-refractivity contribution in [3.63, 3.8) is 0 Å². The van der Waals surface area contributed by atoms with E-state index >= 15 is 0 Å². The number of aliphatic carboxylic acids is 1. The minimum absolute atomic E-state index is 0.243. The number of carboxylic acid groups (broad SMARTS) is 1. The number of benzene rings is 1. The molecule has 2 rings (SSSR count). The van der Waals surface area contributed by atoms with Crippen LogP contribution in [-0.2, 0) is 17.6 Å². The number of fused-ring (bicyclic) bond motifs is 1. The molecule has 1 aromatic carbocycles. The largest absolute Gasteiger partial charge is 0.481 e. The van der Waals surface area contributed by atoms with Gasteiger partial charge in [0.15, 0.2) is 0 Å². The summed E-state index contributed by atoms with van der Waals surface area (Å²) < 4.78 is 1.08. The Balaban J connectivity index is 2.19. The van der Waals surface area contributed by atoms with Crippen molar-refractivity contribution in [2.45, 2.75) is 26.2 Å². The molecule has 0 spiro atoms. The molecule has 2 nitrogen and oxygen atoms in total. The summed E-state index contributed by atoms with van der Waals surface area (Å²) in [5, 5.41) is 9.03. The molecule has 0 bridgehead atoms. The minimum atomic E-state index is -0.677. The molecule has 0 heterocycles. The number of hydrogen-bond donors (Lipinski definition) is 1. The summed E-state index contributed by atoms with van der Waals surface area (Å²) in [5.41, 5.74) is 2.68. The van der Waals surface area contributed by atoms with Crippen LogP contribution < -0.4 is 0 Å². The molecular formula is C13H15BrO2. The number of rotatable bonds is 2. The molecular weight excluding hydrogens is 268 g/mol. The molecule has 0 amide bonds.